The van der Waals surface area contributed by atoms with Crippen molar-refractivity contribution in [1.82, 2.24) is 5.32 Å². The first-order valence-electron chi connectivity index (χ1n) is 5.31. The van der Waals surface area contributed by atoms with Crippen molar-refractivity contribution in [2.45, 2.75) is 12.5 Å². The molecule has 100 valence electrons. The first kappa shape index (κ1) is 14.5. The van der Waals surface area contributed by atoms with E-state index in [1.54, 1.807) is 0 Å². The van der Waals surface area contributed by atoms with Crippen LogP contribution in [-0.4, -0.2) is 37.5 Å². The lowest BCUT2D eigenvalue weighted by molar-refractivity contribution is -0.141. The average molecular weight is 273 g/mol. The topological polar surface area (TPSA) is 84.9 Å². The molecule has 0 saturated heterocycles. The van der Waals surface area contributed by atoms with Gasteiger partial charge in [-0.2, -0.15) is 0 Å². The van der Waals surface area contributed by atoms with Crippen molar-refractivity contribution in [3.63, 3.8) is 0 Å². The summed E-state index contributed by atoms with van der Waals surface area (Å²) in [6, 6.07) is 3.15. The normalized spacial score (nSPS) is 11.7. The molecule has 0 saturated carbocycles. The Balaban J connectivity index is 2.60. The number of carbonyl (C=O) groups is 2. The average Bonchev–Trinajstić information content (AvgIpc) is 2.89. The molecular weight excluding hydrogens is 258 g/mol. The molecule has 1 heterocycles. The third-order valence-corrected chi connectivity index (χ3v) is 3.09. The zero-order chi connectivity index (χ0) is 13.4. The fraction of sp³-hybridized carbons (Fsp3) is 0.455. The van der Waals surface area contributed by atoms with E-state index in [-0.39, 0.29) is 19.6 Å². The number of aliphatic hydroxyl groups is 1. The molecule has 1 atom stereocenters. The van der Waals surface area contributed by atoms with Crippen LogP contribution in [0, 0.1) is 0 Å². The summed E-state index contributed by atoms with van der Waals surface area (Å²) in [4.78, 5) is 23.5. The van der Waals surface area contributed by atoms with Crippen LogP contribution in [0.1, 0.15) is 17.3 Å². The maximum atomic E-state index is 11.4. The predicted molar refractivity (Wildman–Crippen MR) is 65.3 cm³/mol. The van der Waals surface area contributed by atoms with E-state index >= 15 is 0 Å². The molecule has 0 bridgehead atoms. The summed E-state index contributed by atoms with van der Waals surface area (Å²) in [5.74, 6) is -0.421. The summed E-state index contributed by atoms with van der Waals surface area (Å²) in [6.45, 7) is -0.324. The molecule has 0 aliphatic carbocycles. The standard InChI is InChI=1S/C11H15NO5S/c1-16-10(14)7-8(9-3-2-6-18-9)12-11(15)17-5-4-13/h2-3,6,8,13H,4-5,7H2,1H3,(H,12,15). The molecule has 0 fully saturated rings. The molecule has 7 heteroatoms. The Morgan fingerprint density at radius 2 is 2.33 bits per heavy atom. The van der Waals surface area contributed by atoms with Crippen LogP contribution in [0.5, 0.6) is 0 Å². The maximum Gasteiger partial charge on any atom is 0.407 e. The highest BCUT2D eigenvalue weighted by Crippen LogP contribution is 2.22. The minimum Gasteiger partial charge on any atom is -0.469 e. The molecule has 6 nitrogen and oxygen atoms in total. The zero-order valence-electron chi connectivity index (χ0n) is 9.92. The molecule has 1 rings (SSSR count). The lowest BCUT2D eigenvalue weighted by Crippen LogP contribution is -2.31. The fourth-order valence-electron chi connectivity index (χ4n) is 1.28. The largest absolute Gasteiger partial charge is 0.469 e. The minimum atomic E-state index is -0.675. The summed E-state index contributed by atoms with van der Waals surface area (Å²) in [5, 5.41) is 12.9. The number of esters is 1. The number of nitrogens with one attached hydrogen (secondary N) is 1. The summed E-state index contributed by atoms with van der Waals surface area (Å²) >= 11 is 1.42. The van der Waals surface area contributed by atoms with E-state index in [9.17, 15) is 9.59 Å². The van der Waals surface area contributed by atoms with Crippen LogP contribution in [0.3, 0.4) is 0 Å². The Labute approximate surface area is 109 Å². The number of thiophene rings is 1. The van der Waals surface area contributed by atoms with Crippen LogP contribution in [-0.2, 0) is 14.3 Å². The third kappa shape index (κ3) is 4.72. The Morgan fingerprint density at radius 3 is 2.89 bits per heavy atom. The zero-order valence-corrected chi connectivity index (χ0v) is 10.7. The van der Waals surface area contributed by atoms with Gasteiger partial charge in [0.25, 0.3) is 0 Å². The third-order valence-electron chi connectivity index (χ3n) is 2.10. The highest BCUT2D eigenvalue weighted by atomic mass is 32.1. The number of carbonyl (C=O) groups excluding carboxylic acids is 2. The Kier molecular flexibility index (Phi) is 6.16. The van der Waals surface area contributed by atoms with Crippen LogP contribution in [0.15, 0.2) is 17.5 Å². The van der Waals surface area contributed by atoms with Crippen molar-refractivity contribution in [3.8, 4) is 0 Å². The Morgan fingerprint density at radius 1 is 1.56 bits per heavy atom. The number of ether oxygens (including phenoxy) is 2. The van der Waals surface area contributed by atoms with Gasteiger partial charge in [-0.25, -0.2) is 4.79 Å². The molecule has 0 aliphatic rings. The summed E-state index contributed by atoms with van der Waals surface area (Å²) in [5.41, 5.74) is 0. The van der Waals surface area contributed by atoms with Crippen molar-refractivity contribution >= 4 is 23.4 Å². The molecule has 0 aliphatic heterocycles. The number of hydrogen-bond acceptors (Lipinski definition) is 6. The number of alkyl carbamates (subject to hydrolysis) is 1. The fourth-order valence-corrected chi connectivity index (χ4v) is 2.06. The van der Waals surface area contributed by atoms with E-state index in [4.69, 9.17) is 5.11 Å². The van der Waals surface area contributed by atoms with Gasteiger partial charge >= 0.3 is 12.1 Å². The van der Waals surface area contributed by atoms with Gasteiger partial charge < -0.3 is 19.9 Å². The van der Waals surface area contributed by atoms with Gasteiger partial charge in [-0.15, -0.1) is 11.3 Å². The van der Waals surface area contributed by atoms with E-state index in [1.165, 1.54) is 18.4 Å². The summed E-state index contributed by atoms with van der Waals surface area (Å²) < 4.78 is 9.26. The van der Waals surface area contributed by atoms with Gasteiger partial charge in [0.15, 0.2) is 0 Å². The van der Waals surface area contributed by atoms with Gasteiger partial charge in [0.1, 0.15) is 6.61 Å². The van der Waals surface area contributed by atoms with Gasteiger partial charge in [-0.3, -0.25) is 4.79 Å². The second-order valence-corrected chi connectivity index (χ2v) is 4.33. The van der Waals surface area contributed by atoms with Crippen molar-refractivity contribution in [2.24, 2.45) is 0 Å². The lowest BCUT2D eigenvalue weighted by atomic mass is 10.2. The smallest absolute Gasteiger partial charge is 0.407 e. The number of aliphatic hydroxyl groups excluding tert-OH is 1. The van der Waals surface area contributed by atoms with Crippen LogP contribution in [0.25, 0.3) is 0 Å². The van der Waals surface area contributed by atoms with Gasteiger partial charge in [-0.05, 0) is 11.4 Å². The molecule has 1 amide bonds. The predicted octanol–water partition coefficient (Wildman–Crippen LogP) is 1.07. The van der Waals surface area contributed by atoms with E-state index in [0.29, 0.717) is 0 Å². The van der Waals surface area contributed by atoms with Crippen molar-refractivity contribution in [2.75, 3.05) is 20.3 Å². The molecule has 18 heavy (non-hydrogen) atoms. The van der Waals surface area contributed by atoms with Crippen LogP contribution in [0.2, 0.25) is 0 Å². The van der Waals surface area contributed by atoms with E-state index < -0.39 is 18.1 Å². The molecular formula is C11H15NO5S. The van der Waals surface area contributed by atoms with Gasteiger partial charge in [-0.1, -0.05) is 6.07 Å². The highest BCUT2D eigenvalue weighted by molar-refractivity contribution is 7.10. The molecule has 1 aromatic rings. The number of hydrogen-bond donors (Lipinski definition) is 2. The first-order valence-corrected chi connectivity index (χ1v) is 6.19. The molecule has 2 N–H and O–H groups in total. The second kappa shape index (κ2) is 7.67. The van der Waals surface area contributed by atoms with E-state index in [0.717, 1.165) is 4.88 Å². The Bertz CT molecular complexity index is 379. The van der Waals surface area contributed by atoms with Crippen molar-refractivity contribution < 1.29 is 24.2 Å². The monoisotopic (exact) mass is 273 g/mol. The highest BCUT2D eigenvalue weighted by Gasteiger charge is 2.20. The van der Waals surface area contributed by atoms with Crippen molar-refractivity contribution in [3.05, 3.63) is 22.4 Å². The number of methoxy groups -OCH3 is 1. The van der Waals surface area contributed by atoms with E-state index in [2.05, 4.69) is 14.8 Å². The number of amides is 1. The van der Waals surface area contributed by atoms with E-state index in [1.807, 2.05) is 17.5 Å². The maximum absolute atomic E-state index is 11.4. The second-order valence-electron chi connectivity index (χ2n) is 3.35. The molecule has 0 spiro atoms. The number of rotatable bonds is 6. The molecule has 1 unspecified atom stereocenters. The van der Waals surface area contributed by atoms with Crippen molar-refractivity contribution in [1.29, 1.82) is 0 Å². The summed E-state index contributed by atoms with van der Waals surface area (Å²) in [6.07, 6.45) is -0.642. The first-order chi connectivity index (χ1) is 8.67. The van der Waals surface area contributed by atoms with Gasteiger partial charge in [0, 0.05) is 4.88 Å². The molecule has 0 radical (unpaired) electrons. The van der Waals surface area contributed by atoms with Crippen LogP contribution >= 0.6 is 11.3 Å². The summed E-state index contributed by atoms with van der Waals surface area (Å²) in [7, 11) is 1.29. The molecule has 0 aromatic carbocycles. The van der Waals surface area contributed by atoms with Crippen LogP contribution < -0.4 is 5.32 Å². The van der Waals surface area contributed by atoms with Gasteiger partial charge in [0.05, 0.1) is 26.2 Å². The minimum absolute atomic E-state index is 0.0330. The van der Waals surface area contributed by atoms with Crippen LogP contribution in [0.4, 0.5) is 4.79 Å². The quantitative estimate of drug-likeness (QED) is 0.757. The van der Waals surface area contributed by atoms with Gasteiger partial charge in [0.2, 0.25) is 0 Å². The lowest BCUT2D eigenvalue weighted by Gasteiger charge is -2.15. The Hall–Kier alpha value is -1.60. The SMILES string of the molecule is COC(=O)CC(NC(=O)OCCO)c1cccs1. The molecule has 1 aromatic heterocycles.